The summed E-state index contributed by atoms with van der Waals surface area (Å²) in [6, 6.07) is 14.7. The number of aromatic nitrogens is 2. The lowest BCUT2D eigenvalue weighted by Crippen LogP contribution is -2.23. The normalized spacial score (nSPS) is 11.7. The van der Waals surface area contributed by atoms with Gasteiger partial charge < -0.3 is 15.9 Å². The maximum absolute atomic E-state index is 11.9. The molecule has 0 fully saturated rings. The Hall–Kier alpha value is -3.69. The molecule has 4 N–H and O–H groups in total. The number of nitrogens with two attached hydrogens (primary N) is 1. The zero-order valence-corrected chi connectivity index (χ0v) is 17.1. The molecule has 1 amide bonds. The Morgan fingerprint density at radius 3 is 2.84 bits per heavy atom. The molecule has 1 heterocycles. The topological polar surface area (TPSA) is 128 Å². The van der Waals surface area contributed by atoms with E-state index in [1.54, 1.807) is 34.8 Å². The van der Waals surface area contributed by atoms with Crippen molar-refractivity contribution in [1.82, 2.24) is 14.7 Å². The molecular formula is C23H23N5O3. The number of hydrogen-bond donors (Lipinski definition) is 3. The van der Waals surface area contributed by atoms with Crippen molar-refractivity contribution >= 4 is 16.8 Å². The summed E-state index contributed by atoms with van der Waals surface area (Å²) in [5, 5.41) is 33.0. The number of fused-ring (bicyclic) bond motifs is 1. The Bertz CT molecular complexity index is 1200. The van der Waals surface area contributed by atoms with Gasteiger partial charge in [0.1, 0.15) is 6.10 Å². The molecule has 0 bridgehead atoms. The van der Waals surface area contributed by atoms with Gasteiger partial charge in [-0.2, -0.15) is 10.4 Å². The molecule has 0 saturated heterocycles. The monoisotopic (exact) mass is 417 g/mol. The Labute approximate surface area is 180 Å². The molecule has 158 valence electrons. The van der Waals surface area contributed by atoms with Crippen molar-refractivity contribution < 1.29 is 15.0 Å². The number of rotatable bonds is 7. The highest BCUT2D eigenvalue weighted by molar-refractivity contribution is 6.04. The second-order valence-corrected chi connectivity index (χ2v) is 7.16. The lowest BCUT2D eigenvalue weighted by molar-refractivity contribution is 0.0996. The summed E-state index contributed by atoms with van der Waals surface area (Å²) in [5.74, 6) is 5.10. The van der Waals surface area contributed by atoms with Crippen molar-refractivity contribution in [2.45, 2.75) is 18.9 Å². The third kappa shape index (κ3) is 5.27. The lowest BCUT2D eigenvalue weighted by Gasteiger charge is -2.13. The second kappa shape index (κ2) is 9.88. The largest absolute Gasteiger partial charge is 0.381 e. The van der Waals surface area contributed by atoms with Gasteiger partial charge >= 0.3 is 0 Å². The molecule has 8 heteroatoms. The second-order valence-electron chi connectivity index (χ2n) is 7.16. The molecule has 1 atom stereocenters. The highest BCUT2D eigenvalue weighted by Crippen LogP contribution is 2.24. The number of aliphatic hydroxyl groups excluding tert-OH is 2. The Morgan fingerprint density at radius 1 is 1.32 bits per heavy atom. The first-order chi connectivity index (χ1) is 14.9. The highest BCUT2D eigenvalue weighted by atomic mass is 16.3. The van der Waals surface area contributed by atoms with E-state index in [9.17, 15) is 9.90 Å². The predicted octanol–water partition coefficient (Wildman–Crippen LogP) is 1.17. The molecule has 2 aromatic carbocycles. The number of amides is 1. The van der Waals surface area contributed by atoms with Crippen molar-refractivity contribution in [2.75, 3.05) is 20.3 Å². The van der Waals surface area contributed by atoms with Gasteiger partial charge in [-0.3, -0.25) is 9.69 Å². The molecule has 0 aliphatic carbocycles. The van der Waals surface area contributed by atoms with Gasteiger partial charge in [0.25, 0.3) is 5.91 Å². The lowest BCUT2D eigenvalue weighted by atomic mass is 10.1. The van der Waals surface area contributed by atoms with E-state index in [0.717, 1.165) is 5.56 Å². The summed E-state index contributed by atoms with van der Waals surface area (Å²) in [6.07, 6.45) is -0.176. The quantitative estimate of drug-likeness (QED) is 0.391. The van der Waals surface area contributed by atoms with Crippen LogP contribution in [0.15, 0.2) is 42.5 Å². The fourth-order valence-electron chi connectivity index (χ4n) is 3.11. The summed E-state index contributed by atoms with van der Waals surface area (Å²) in [4.78, 5) is 13.6. The molecule has 1 aromatic heterocycles. The van der Waals surface area contributed by atoms with Crippen LogP contribution in [0.3, 0.4) is 0 Å². The van der Waals surface area contributed by atoms with Crippen LogP contribution in [0.4, 0.5) is 0 Å². The number of nitriles is 1. The van der Waals surface area contributed by atoms with Crippen LogP contribution in [0, 0.1) is 23.2 Å². The molecule has 3 rings (SSSR count). The molecule has 31 heavy (non-hydrogen) atoms. The summed E-state index contributed by atoms with van der Waals surface area (Å²) < 4.78 is 1.61. The van der Waals surface area contributed by atoms with Gasteiger partial charge in [-0.05, 0) is 49.4 Å². The summed E-state index contributed by atoms with van der Waals surface area (Å²) in [5.41, 5.74) is 8.48. The van der Waals surface area contributed by atoms with E-state index in [4.69, 9.17) is 16.1 Å². The number of hydrogen-bond acceptors (Lipinski definition) is 6. The van der Waals surface area contributed by atoms with Crippen LogP contribution < -0.4 is 5.73 Å². The fourth-order valence-corrected chi connectivity index (χ4v) is 3.11. The van der Waals surface area contributed by atoms with Gasteiger partial charge in [-0.25, -0.2) is 4.68 Å². The van der Waals surface area contributed by atoms with E-state index in [1.165, 1.54) is 0 Å². The predicted molar refractivity (Wildman–Crippen MR) is 116 cm³/mol. The zero-order valence-electron chi connectivity index (χ0n) is 17.1. The number of benzene rings is 2. The number of aliphatic hydroxyl groups is 2. The van der Waals surface area contributed by atoms with E-state index >= 15 is 0 Å². The number of carbonyl (C=O) groups excluding carboxylic acids is 1. The number of nitrogens with zero attached hydrogens (tertiary/aromatic N) is 4. The molecule has 0 radical (unpaired) electrons. The minimum atomic E-state index is -0.816. The van der Waals surface area contributed by atoms with Gasteiger partial charge in [0, 0.05) is 17.5 Å². The van der Waals surface area contributed by atoms with Gasteiger partial charge in [0.15, 0.2) is 5.69 Å². The van der Waals surface area contributed by atoms with E-state index in [0.29, 0.717) is 35.1 Å². The summed E-state index contributed by atoms with van der Waals surface area (Å²) >= 11 is 0. The zero-order chi connectivity index (χ0) is 22.4. The average molecular weight is 417 g/mol. The van der Waals surface area contributed by atoms with Gasteiger partial charge in [-0.1, -0.05) is 24.0 Å². The summed E-state index contributed by atoms with van der Waals surface area (Å²) in [6.45, 7) is 0.445. The summed E-state index contributed by atoms with van der Waals surface area (Å²) in [7, 11) is 1.75. The first kappa shape index (κ1) is 22.0. The Kier molecular flexibility index (Phi) is 7.01. The number of primary amides is 1. The minimum absolute atomic E-state index is 0.0781. The first-order valence-corrected chi connectivity index (χ1v) is 9.70. The van der Waals surface area contributed by atoms with Crippen LogP contribution in [0.25, 0.3) is 16.6 Å². The van der Waals surface area contributed by atoms with Crippen LogP contribution in [0.1, 0.15) is 28.0 Å². The number of carbonyl (C=O) groups is 1. The molecule has 1 unspecified atom stereocenters. The first-order valence-electron chi connectivity index (χ1n) is 9.70. The standard InChI is InChI=1S/C23H23N5O3/c1-27(15-29)12-10-19(30)7-5-16-3-2-4-18(13-16)28-21-8-6-17(9-11-24)14-20(21)22(26-28)23(25)31/h2-4,6,8,13-14,19,29-30H,9-10,12,15H2,1H3,(H2,25,31). The van der Waals surface area contributed by atoms with Crippen molar-refractivity contribution in [3.05, 3.63) is 59.3 Å². The maximum atomic E-state index is 11.9. The SMILES string of the molecule is CN(CO)CCC(O)C#Cc1cccc(-n2nc(C(N)=O)c3cc(CC#N)ccc32)c1. The van der Waals surface area contributed by atoms with Crippen LogP contribution in [0.2, 0.25) is 0 Å². The molecular weight excluding hydrogens is 394 g/mol. The third-order valence-electron chi connectivity index (χ3n) is 4.76. The molecule has 8 nitrogen and oxygen atoms in total. The van der Waals surface area contributed by atoms with Crippen molar-refractivity contribution in [3.8, 4) is 23.6 Å². The maximum Gasteiger partial charge on any atom is 0.269 e. The third-order valence-corrected chi connectivity index (χ3v) is 4.76. The van der Waals surface area contributed by atoms with Gasteiger partial charge in [0.05, 0.1) is 30.4 Å². The molecule has 0 aliphatic rings. The van der Waals surface area contributed by atoms with Crippen LogP contribution in [-0.2, 0) is 6.42 Å². The van der Waals surface area contributed by atoms with Crippen molar-refractivity contribution in [3.63, 3.8) is 0 Å². The fraction of sp³-hybridized carbons (Fsp3) is 0.261. The van der Waals surface area contributed by atoms with E-state index in [2.05, 4.69) is 23.0 Å². The molecule has 3 aromatic rings. The highest BCUT2D eigenvalue weighted by Gasteiger charge is 2.16. The van der Waals surface area contributed by atoms with Crippen molar-refractivity contribution in [1.29, 1.82) is 5.26 Å². The molecule has 0 saturated carbocycles. The van der Waals surface area contributed by atoms with E-state index in [1.807, 2.05) is 24.3 Å². The smallest absolute Gasteiger partial charge is 0.269 e. The Morgan fingerprint density at radius 2 is 2.13 bits per heavy atom. The van der Waals surface area contributed by atoms with Gasteiger partial charge in [-0.15, -0.1) is 0 Å². The molecule has 0 spiro atoms. The van der Waals surface area contributed by atoms with Crippen LogP contribution in [0.5, 0.6) is 0 Å². The average Bonchev–Trinajstić information content (AvgIpc) is 3.15. The van der Waals surface area contributed by atoms with E-state index in [-0.39, 0.29) is 18.8 Å². The van der Waals surface area contributed by atoms with Crippen molar-refractivity contribution in [2.24, 2.45) is 5.73 Å². The van der Waals surface area contributed by atoms with E-state index < -0.39 is 12.0 Å². The van der Waals surface area contributed by atoms with Gasteiger partial charge in [0.2, 0.25) is 0 Å². The molecule has 0 aliphatic heterocycles. The van der Waals surface area contributed by atoms with Crippen LogP contribution >= 0.6 is 0 Å². The minimum Gasteiger partial charge on any atom is -0.381 e. The van der Waals surface area contributed by atoms with Crippen LogP contribution in [-0.4, -0.2) is 57.2 Å². The Balaban J connectivity index is 1.93.